The summed E-state index contributed by atoms with van der Waals surface area (Å²) >= 11 is 12.0. The van der Waals surface area contributed by atoms with Gasteiger partial charge in [0.05, 0.1) is 6.61 Å². The Bertz CT molecular complexity index is 1400. The minimum absolute atomic E-state index is 0.0823. The summed E-state index contributed by atoms with van der Waals surface area (Å²) in [4.78, 5) is 15.3. The van der Waals surface area contributed by atoms with Gasteiger partial charge in [-0.3, -0.25) is 4.79 Å². The van der Waals surface area contributed by atoms with Crippen molar-refractivity contribution in [1.29, 1.82) is 0 Å². The first-order chi connectivity index (χ1) is 18.6. The van der Waals surface area contributed by atoms with Crippen LogP contribution in [0.4, 0.5) is 24.5 Å². The van der Waals surface area contributed by atoms with Crippen LogP contribution in [0, 0.1) is 6.92 Å². The van der Waals surface area contributed by atoms with E-state index in [2.05, 4.69) is 10.2 Å². The van der Waals surface area contributed by atoms with Gasteiger partial charge in [0.15, 0.2) is 0 Å². The zero-order chi connectivity index (χ0) is 27.8. The van der Waals surface area contributed by atoms with E-state index >= 15 is 0 Å². The van der Waals surface area contributed by atoms with Crippen molar-refractivity contribution in [3.8, 4) is 0 Å². The van der Waals surface area contributed by atoms with E-state index in [0.717, 1.165) is 24.9 Å². The van der Waals surface area contributed by atoms with E-state index in [4.69, 9.17) is 27.9 Å². The highest BCUT2D eigenvalue weighted by molar-refractivity contribution is 6.34. The zero-order valence-electron chi connectivity index (χ0n) is 21.2. The predicted molar refractivity (Wildman–Crippen MR) is 150 cm³/mol. The fourth-order valence-electron chi connectivity index (χ4n) is 5.17. The molecule has 2 heterocycles. The summed E-state index contributed by atoms with van der Waals surface area (Å²) in [6.07, 6.45) is -0.0620. The molecule has 1 unspecified atom stereocenters. The lowest BCUT2D eigenvalue weighted by Crippen LogP contribution is -2.41. The van der Waals surface area contributed by atoms with E-state index in [1.807, 2.05) is 24.3 Å². The minimum Gasteiger partial charge on any atom is -0.372 e. The van der Waals surface area contributed by atoms with Crippen LogP contribution in [0.15, 0.2) is 66.7 Å². The molecule has 0 aliphatic carbocycles. The Hall–Kier alpha value is -3.00. The Kier molecular flexibility index (Phi) is 7.68. The van der Waals surface area contributed by atoms with Gasteiger partial charge in [0.1, 0.15) is 0 Å². The highest BCUT2D eigenvalue weighted by Gasteiger charge is 2.58. The number of anilines is 2. The van der Waals surface area contributed by atoms with Crippen LogP contribution in [0.1, 0.15) is 46.3 Å². The van der Waals surface area contributed by atoms with E-state index in [9.17, 15) is 18.0 Å². The first kappa shape index (κ1) is 27.6. The second-order valence-electron chi connectivity index (χ2n) is 9.93. The van der Waals surface area contributed by atoms with Crippen molar-refractivity contribution < 1.29 is 22.7 Å². The number of nitrogens with zero attached hydrogens (tertiary/aromatic N) is 1. The molecular weight excluding hydrogens is 548 g/mol. The standard InChI is InChI=1S/C30H27Cl2F3N2O2/c1-19-13-20(21-17-29(39-18-21,30(33,34)35)22-14-23(31)16-24(32)15-22)5-10-27(19)28(38)36-25-6-8-26(9-7-25)37-11-3-2-4-12-37/h5-10,13-17H,2-4,11-12,18H2,1H3,(H,36,38). The lowest BCUT2D eigenvalue weighted by atomic mass is 9.90. The average molecular weight is 575 g/mol. The summed E-state index contributed by atoms with van der Waals surface area (Å²) in [6.45, 7) is 3.56. The number of rotatable bonds is 5. The van der Waals surface area contributed by atoms with Gasteiger partial charge in [0, 0.05) is 40.1 Å². The van der Waals surface area contributed by atoms with E-state index < -0.39 is 11.8 Å². The Morgan fingerprint density at radius 1 is 0.949 bits per heavy atom. The van der Waals surface area contributed by atoms with Crippen LogP contribution >= 0.6 is 23.2 Å². The lowest BCUT2D eigenvalue weighted by molar-refractivity contribution is -0.254. The normalized spacial score (nSPS) is 19.6. The first-order valence-corrected chi connectivity index (χ1v) is 13.5. The highest BCUT2D eigenvalue weighted by atomic mass is 35.5. The zero-order valence-corrected chi connectivity index (χ0v) is 22.8. The van der Waals surface area contributed by atoms with E-state index in [-0.39, 0.29) is 28.1 Å². The number of carbonyl (C=O) groups excluding carboxylic acids is 1. The fraction of sp³-hybridized carbons (Fsp3) is 0.300. The van der Waals surface area contributed by atoms with E-state index in [1.54, 1.807) is 25.1 Å². The summed E-state index contributed by atoms with van der Waals surface area (Å²) < 4.78 is 48.4. The van der Waals surface area contributed by atoms with Crippen LogP contribution in [0.3, 0.4) is 0 Å². The number of halogens is 5. The van der Waals surface area contributed by atoms with Crippen LogP contribution in [-0.2, 0) is 10.3 Å². The molecule has 1 atom stereocenters. The van der Waals surface area contributed by atoms with Crippen LogP contribution in [-0.4, -0.2) is 31.8 Å². The number of aryl methyl sites for hydroxylation is 1. The number of hydrogen-bond donors (Lipinski definition) is 1. The number of amides is 1. The molecule has 1 fully saturated rings. The largest absolute Gasteiger partial charge is 0.425 e. The van der Waals surface area contributed by atoms with Crippen molar-refractivity contribution in [2.45, 2.75) is 38.0 Å². The maximum absolute atomic E-state index is 14.3. The average Bonchev–Trinajstić information content (AvgIpc) is 3.36. The quantitative estimate of drug-likeness (QED) is 0.332. The highest BCUT2D eigenvalue weighted by Crippen LogP contribution is 2.49. The molecule has 4 nitrogen and oxygen atoms in total. The molecule has 0 bridgehead atoms. The monoisotopic (exact) mass is 574 g/mol. The van der Waals surface area contributed by atoms with Crippen molar-refractivity contribution in [2.75, 3.05) is 29.9 Å². The molecular formula is C30H27Cl2F3N2O2. The molecule has 2 aliphatic rings. The number of nitrogens with one attached hydrogen (secondary N) is 1. The molecule has 1 N–H and O–H groups in total. The van der Waals surface area contributed by atoms with Crippen molar-refractivity contribution >= 4 is 46.1 Å². The Morgan fingerprint density at radius 2 is 1.62 bits per heavy atom. The van der Waals surface area contributed by atoms with Gasteiger partial charge in [-0.05, 0) is 103 Å². The van der Waals surface area contributed by atoms with Gasteiger partial charge in [-0.2, -0.15) is 13.2 Å². The van der Waals surface area contributed by atoms with Crippen molar-refractivity contribution in [3.05, 3.63) is 99.0 Å². The maximum Gasteiger partial charge on any atom is 0.425 e. The number of alkyl halides is 3. The van der Waals surface area contributed by atoms with Crippen LogP contribution in [0.2, 0.25) is 10.0 Å². The molecule has 39 heavy (non-hydrogen) atoms. The Balaban J connectivity index is 1.36. The summed E-state index contributed by atoms with van der Waals surface area (Å²) in [5, 5.41) is 3.08. The summed E-state index contributed by atoms with van der Waals surface area (Å²) in [5.74, 6) is -0.292. The Labute approximate surface area is 235 Å². The molecule has 204 valence electrons. The number of hydrogen-bond acceptors (Lipinski definition) is 3. The van der Waals surface area contributed by atoms with Gasteiger partial charge in [0.25, 0.3) is 5.91 Å². The maximum atomic E-state index is 14.3. The molecule has 0 spiro atoms. The molecule has 0 aromatic heterocycles. The second-order valence-corrected chi connectivity index (χ2v) is 10.8. The minimum atomic E-state index is -4.75. The van der Waals surface area contributed by atoms with Crippen LogP contribution in [0.5, 0.6) is 0 Å². The number of carbonyl (C=O) groups is 1. The van der Waals surface area contributed by atoms with Crippen molar-refractivity contribution in [2.24, 2.45) is 0 Å². The third-order valence-corrected chi connectivity index (χ3v) is 7.67. The van der Waals surface area contributed by atoms with Crippen LogP contribution < -0.4 is 10.2 Å². The summed E-state index contributed by atoms with van der Waals surface area (Å²) in [7, 11) is 0. The molecule has 5 rings (SSSR count). The molecule has 3 aromatic carbocycles. The SMILES string of the molecule is Cc1cc(C2=CC(c3cc(Cl)cc(Cl)c3)(C(F)(F)F)OC2)ccc1C(=O)Nc1ccc(N2CCCCC2)cc1. The topological polar surface area (TPSA) is 41.6 Å². The third kappa shape index (κ3) is 5.67. The predicted octanol–water partition coefficient (Wildman–Crippen LogP) is 8.42. The summed E-state index contributed by atoms with van der Waals surface area (Å²) in [5.41, 5.74) is 0.888. The van der Waals surface area contributed by atoms with Gasteiger partial charge in [-0.25, -0.2) is 0 Å². The number of benzene rings is 3. The second kappa shape index (κ2) is 10.9. The number of ether oxygens (including phenoxy) is 1. The molecule has 2 aliphatic heterocycles. The van der Waals surface area contributed by atoms with Crippen molar-refractivity contribution in [3.63, 3.8) is 0 Å². The fourth-order valence-corrected chi connectivity index (χ4v) is 5.70. The van der Waals surface area contributed by atoms with E-state index in [0.29, 0.717) is 28.0 Å². The molecule has 9 heteroatoms. The third-order valence-electron chi connectivity index (χ3n) is 7.23. The molecule has 3 aromatic rings. The molecule has 0 saturated carbocycles. The smallest absolute Gasteiger partial charge is 0.372 e. The molecule has 1 amide bonds. The van der Waals surface area contributed by atoms with Crippen LogP contribution in [0.25, 0.3) is 5.57 Å². The van der Waals surface area contributed by atoms with Gasteiger partial charge in [-0.1, -0.05) is 35.3 Å². The van der Waals surface area contributed by atoms with Gasteiger partial charge < -0.3 is 15.0 Å². The van der Waals surface area contributed by atoms with Gasteiger partial charge in [0.2, 0.25) is 5.60 Å². The first-order valence-electron chi connectivity index (χ1n) is 12.7. The summed E-state index contributed by atoms with van der Waals surface area (Å²) in [6, 6.07) is 16.5. The molecule has 1 saturated heterocycles. The lowest BCUT2D eigenvalue weighted by Gasteiger charge is -2.30. The van der Waals surface area contributed by atoms with Gasteiger partial charge >= 0.3 is 6.18 Å². The number of piperidine rings is 1. The molecule has 0 radical (unpaired) electrons. The van der Waals surface area contributed by atoms with Gasteiger partial charge in [-0.15, -0.1) is 0 Å². The van der Waals surface area contributed by atoms with Crippen molar-refractivity contribution in [1.82, 2.24) is 0 Å². The van der Waals surface area contributed by atoms with E-state index in [1.165, 1.54) is 37.5 Å². The Morgan fingerprint density at radius 3 is 2.23 bits per heavy atom.